The van der Waals surface area contributed by atoms with E-state index in [1.165, 1.54) is 17.4 Å². The molecule has 1 unspecified atom stereocenters. The van der Waals surface area contributed by atoms with Crippen LogP contribution in [0.25, 0.3) is 0 Å². The summed E-state index contributed by atoms with van der Waals surface area (Å²) in [4.78, 5) is 54.2. The molecular weight excluding hydrogens is 591 g/mol. The van der Waals surface area contributed by atoms with E-state index in [1.54, 1.807) is 23.1 Å². The number of rotatable bonds is 8. The third-order valence-electron chi connectivity index (χ3n) is 8.63. The molecule has 14 heteroatoms. The van der Waals surface area contributed by atoms with Crippen LogP contribution >= 0.6 is 0 Å². The first-order valence-corrected chi connectivity index (χ1v) is 16.1. The van der Waals surface area contributed by atoms with Gasteiger partial charge in [-0.3, -0.25) is 29.4 Å². The summed E-state index contributed by atoms with van der Waals surface area (Å²) in [6, 6.07) is 8.43. The second-order valence-electron chi connectivity index (χ2n) is 11.5. The third-order valence-corrected chi connectivity index (χ3v) is 10.5. The van der Waals surface area contributed by atoms with Gasteiger partial charge in [0.1, 0.15) is 11.9 Å². The fourth-order valence-corrected chi connectivity index (χ4v) is 7.50. The highest BCUT2D eigenvalue weighted by atomic mass is 32.2. The van der Waals surface area contributed by atoms with Crippen LogP contribution in [0.2, 0.25) is 0 Å². The number of halogens is 1. The predicted octanol–water partition coefficient (Wildman–Crippen LogP) is 0.949. The molecule has 3 aliphatic rings. The molecular formula is C30H37FN6O6S. The summed E-state index contributed by atoms with van der Waals surface area (Å²) in [5.74, 6) is -2.39. The van der Waals surface area contributed by atoms with Gasteiger partial charge < -0.3 is 15.5 Å². The fraction of sp³-hybridized carbons (Fsp3) is 0.467. The zero-order valence-corrected chi connectivity index (χ0v) is 25.4. The number of carbonyl (C=O) groups excluding carboxylic acids is 4. The summed E-state index contributed by atoms with van der Waals surface area (Å²) >= 11 is 0. The normalized spacial score (nSPS) is 20.8. The Hall–Kier alpha value is -3.72. The zero-order chi connectivity index (χ0) is 31.6. The number of sulfonamides is 1. The van der Waals surface area contributed by atoms with Crippen molar-refractivity contribution in [3.63, 3.8) is 0 Å². The van der Waals surface area contributed by atoms with E-state index >= 15 is 4.39 Å². The topological polar surface area (TPSA) is 153 Å². The van der Waals surface area contributed by atoms with Gasteiger partial charge in [-0.15, -0.1) is 0 Å². The average Bonchev–Trinajstić information content (AvgIpc) is 3.01. The zero-order valence-electron chi connectivity index (χ0n) is 24.6. The van der Waals surface area contributed by atoms with Crippen molar-refractivity contribution in [2.24, 2.45) is 5.73 Å². The Bertz CT molecular complexity index is 1550. The van der Waals surface area contributed by atoms with Gasteiger partial charge in [0.25, 0.3) is 5.91 Å². The van der Waals surface area contributed by atoms with Crippen LogP contribution in [0, 0.1) is 5.82 Å². The van der Waals surface area contributed by atoms with Crippen molar-refractivity contribution in [1.29, 1.82) is 0 Å². The SMILES string of the molecule is CN(C(=O)c1cc(F)c(N2CCN(Cc3cccc(S(=O)(=O)N4CCC(N)CC4)c3)CC2)cc1C=O)C1CCC(=O)NC1=O. The van der Waals surface area contributed by atoms with Crippen LogP contribution in [0.4, 0.5) is 10.1 Å². The largest absolute Gasteiger partial charge is 0.367 e. The Balaban J connectivity index is 1.23. The van der Waals surface area contributed by atoms with E-state index in [4.69, 9.17) is 5.73 Å². The van der Waals surface area contributed by atoms with Gasteiger partial charge in [0.2, 0.25) is 21.8 Å². The van der Waals surface area contributed by atoms with Gasteiger partial charge >= 0.3 is 0 Å². The summed E-state index contributed by atoms with van der Waals surface area (Å²) in [5, 5.41) is 2.19. The number of aldehydes is 1. The molecule has 3 N–H and O–H groups in total. The Morgan fingerprint density at radius 2 is 1.77 bits per heavy atom. The van der Waals surface area contributed by atoms with E-state index in [1.807, 2.05) is 6.07 Å². The number of hydrogen-bond acceptors (Lipinski definition) is 9. The van der Waals surface area contributed by atoms with Gasteiger partial charge in [0, 0.05) is 70.9 Å². The molecule has 0 aliphatic carbocycles. The number of hydrogen-bond donors (Lipinski definition) is 2. The standard InChI is InChI=1S/C30H37FN6O6S/c1-34(26-5-6-28(39)33-29(26)40)30(41)24-17-25(31)27(16-21(24)19-38)36-13-11-35(12-14-36)18-20-3-2-4-23(15-20)44(42,43)37-9-7-22(32)8-10-37/h2-4,15-17,19,22,26H,5-14,18,32H2,1H3,(H,33,39,40). The lowest BCUT2D eigenvalue weighted by Gasteiger charge is -2.36. The van der Waals surface area contributed by atoms with E-state index < -0.39 is 39.6 Å². The number of piperidine rings is 2. The van der Waals surface area contributed by atoms with Crippen LogP contribution in [-0.2, 0) is 26.2 Å². The number of imide groups is 1. The molecule has 3 aliphatic heterocycles. The number of benzene rings is 2. The Labute approximate surface area is 256 Å². The molecule has 5 rings (SSSR count). The van der Waals surface area contributed by atoms with Gasteiger partial charge in [-0.05, 0) is 49.1 Å². The second-order valence-corrected chi connectivity index (χ2v) is 13.5. The van der Waals surface area contributed by atoms with Crippen LogP contribution in [0.1, 0.15) is 52.0 Å². The van der Waals surface area contributed by atoms with E-state index in [0.29, 0.717) is 64.9 Å². The molecule has 0 radical (unpaired) electrons. The highest BCUT2D eigenvalue weighted by Gasteiger charge is 2.34. The molecule has 3 amide bonds. The van der Waals surface area contributed by atoms with Gasteiger partial charge in [-0.25, -0.2) is 12.8 Å². The Morgan fingerprint density at radius 1 is 1.07 bits per heavy atom. The highest BCUT2D eigenvalue weighted by Crippen LogP contribution is 2.27. The van der Waals surface area contributed by atoms with Crippen LogP contribution in [-0.4, -0.2) is 105 Å². The molecule has 0 saturated carbocycles. The van der Waals surface area contributed by atoms with Gasteiger partial charge in [-0.2, -0.15) is 4.31 Å². The molecule has 44 heavy (non-hydrogen) atoms. The maximum Gasteiger partial charge on any atom is 0.255 e. The minimum absolute atomic E-state index is 0.00156. The molecule has 3 fully saturated rings. The minimum Gasteiger partial charge on any atom is -0.367 e. The van der Waals surface area contributed by atoms with Crippen LogP contribution in [0.15, 0.2) is 41.3 Å². The van der Waals surface area contributed by atoms with Crippen molar-refractivity contribution < 1.29 is 32.0 Å². The van der Waals surface area contributed by atoms with Crippen molar-refractivity contribution in [2.75, 3.05) is 51.2 Å². The Kier molecular flexibility index (Phi) is 9.44. The van der Waals surface area contributed by atoms with Gasteiger partial charge in [0.15, 0.2) is 6.29 Å². The number of piperazine rings is 1. The van der Waals surface area contributed by atoms with Crippen LogP contribution in [0.3, 0.4) is 0 Å². The lowest BCUT2D eigenvalue weighted by molar-refractivity contribution is -0.136. The molecule has 2 aromatic carbocycles. The smallest absolute Gasteiger partial charge is 0.255 e. The summed E-state index contributed by atoms with van der Waals surface area (Å²) in [7, 11) is -2.23. The first kappa shape index (κ1) is 31.7. The van der Waals surface area contributed by atoms with Crippen LogP contribution < -0.4 is 16.0 Å². The first-order valence-electron chi connectivity index (χ1n) is 14.7. The lowest BCUT2D eigenvalue weighted by atomic mass is 10.0. The van der Waals surface area contributed by atoms with E-state index in [0.717, 1.165) is 16.5 Å². The summed E-state index contributed by atoms with van der Waals surface area (Å²) in [6.07, 6.45) is 1.98. The van der Waals surface area contributed by atoms with Crippen molar-refractivity contribution in [3.8, 4) is 0 Å². The van der Waals surface area contributed by atoms with Gasteiger partial charge in [0.05, 0.1) is 16.1 Å². The number of nitrogens with two attached hydrogens (primary N) is 1. The molecule has 0 spiro atoms. The lowest BCUT2D eigenvalue weighted by Crippen LogP contribution is -2.53. The first-order chi connectivity index (χ1) is 21.0. The molecule has 1 atom stereocenters. The van der Waals surface area contributed by atoms with E-state index in [-0.39, 0.29) is 40.6 Å². The third kappa shape index (κ3) is 6.67. The monoisotopic (exact) mass is 628 g/mol. The quantitative estimate of drug-likeness (QED) is 0.321. The number of anilines is 1. The van der Waals surface area contributed by atoms with Crippen molar-refractivity contribution in [2.45, 2.75) is 49.2 Å². The maximum absolute atomic E-state index is 15.4. The molecule has 3 heterocycles. The number of likely N-dealkylation sites (N-methyl/N-ethyl adjacent to an activating group) is 1. The Morgan fingerprint density at radius 3 is 2.43 bits per heavy atom. The van der Waals surface area contributed by atoms with Gasteiger partial charge in [-0.1, -0.05) is 12.1 Å². The predicted molar refractivity (Wildman–Crippen MR) is 160 cm³/mol. The van der Waals surface area contributed by atoms with Crippen molar-refractivity contribution in [1.82, 2.24) is 19.4 Å². The van der Waals surface area contributed by atoms with Crippen molar-refractivity contribution in [3.05, 3.63) is 58.9 Å². The fourth-order valence-electron chi connectivity index (χ4n) is 5.96. The molecule has 236 valence electrons. The molecule has 0 bridgehead atoms. The highest BCUT2D eigenvalue weighted by molar-refractivity contribution is 7.89. The molecule has 0 aromatic heterocycles. The maximum atomic E-state index is 15.4. The number of amides is 3. The summed E-state index contributed by atoms with van der Waals surface area (Å²) in [5.41, 5.74) is 6.83. The number of carbonyl (C=O) groups is 4. The second kappa shape index (κ2) is 13.1. The molecule has 12 nitrogen and oxygen atoms in total. The van der Waals surface area contributed by atoms with E-state index in [2.05, 4.69) is 10.2 Å². The summed E-state index contributed by atoms with van der Waals surface area (Å²) in [6.45, 7) is 3.36. The van der Waals surface area contributed by atoms with Crippen LogP contribution in [0.5, 0.6) is 0 Å². The molecule has 2 aromatic rings. The molecule has 3 saturated heterocycles. The average molecular weight is 629 g/mol. The summed E-state index contributed by atoms with van der Waals surface area (Å²) < 4.78 is 43.2. The minimum atomic E-state index is -3.61. The number of nitrogens with zero attached hydrogens (tertiary/aromatic N) is 4. The number of nitrogens with one attached hydrogen (secondary N) is 1. The van der Waals surface area contributed by atoms with Crippen molar-refractivity contribution >= 4 is 39.7 Å². The van der Waals surface area contributed by atoms with E-state index in [9.17, 15) is 27.6 Å².